The molecule has 0 fully saturated rings. The summed E-state index contributed by atoms with van der Waals surface area (Å²) in [4.78, 5) is 2.33. The molecule has 0 aliphatic heterocycles. The summed E-state index contributed by atoms with van der Waals surface area (Å²) < 4.78 is 6.88. The van der Waals surface area contributed by atoms with Crippen molar-refractivity contribution < 1.29 is 4.42 Å². The van der Waals surface area contributed by atoms with Crippen molar-refractivity contribution in [3.63, 3.8) is 0 Å². The van der Waals surface area contributed by atoms with Gasteiger partial charge in [-0.05, 0) is 102 Å². The molecule has 11 aromatic rings. The third-order valence-electron chi connectivity index (χ3n) is 11.0. The first-order valence-electron chi connectivity index (χ1n) is 18.5. The fraction of sp³-hybridized carbons (Fsp3) is 0. The van der Waals surface area contributed by atoms with E-state index in [-0.39, 0.29) is 0 Å². The van der Waals surface area contributed by atoms with Gasteiger partial charge in [0, 0.05) is 27.5 Å². The van der Waals surface area contributed by atoms with Gasteiger partial charge in [-0.25, -0.2) is 0 Å². The molecule has 2 nitrogen and oxygen atoms in total. The van der Waals surface area contributed by atoms with Gasteiger partial charge < -0.3 is 9.32 Å². The van der Waals surface area contributed by atoms with Crippen molar-refractivity contribution >= 4 is 82.1 Å². The van der Waals surface area contributed by atoms with Crippen molar-refractivity contribution in [2.45, 2.75) is 0 Å². The summed E-state index contributed by atoms with van der Waals surface area (Å²) in [5, 5.41) is 12.1. The van der Waals surface area contributed by atoms with Gasteiger partial charge in [-0.2, -0.15) is 0 Å². The van der Waals surface area contributed by atoms with Gasteiger partial charge in [0.25, 0.3) is 0 Å². The zero-order valence-electron chi connectivity index (χ0n) is 29.4. The summed E-state index contributed by atoms with van der Waals surface area (Å²) in [5.74, 6) is 0. The Balaban J connectivity index is 1.06. The van der Waals surface area contributed by atoms with Crippen LogP contribution in [0.15, 0.2) is 205 Å². The minimum absolute atomic E-state index is 0.868. The number of rotatable bonds is 5. The van der Waals surface area contributed by atoms with Crippen molar-refractivity contribution in [1.29, 1.82) is 0 Å². The Kier molecular flexibility index (Phi) is 6.90. The summed E-state index contributed by atoms with van der Waals surface area (Å²) in [6.07, 6.45) is 0. The molecule has 0 spiro atoms. The van der Waals surface area contributed by atoms with Crippen LogP contribution in [0.4, 0.5) is 17.1 Å². The number of benzene rings is 10. The topological polar surface area (TPSA) is 16.4 Å². The quantitative estimate of drug-likeness (QED) is 0.168. The van der Waals surface area contributed by atoms with E-state index in [0.717, 1.165) is 44.4 Å². The molecular formula is C52H33NO. The molecule has 0 bridgehead atoms. The Morgan fingerprint density at radius 2 is 0.796 bits per heavy atom. The maximum absolute atomic E-state index is 6.88. The largest absolute Gasteiger partial charge is 0.453 e. The SMILES string of the molecule is c1ccc2c(-c3ccc(N(c4ccc(-c5ccc6c(ccc7ccccc76)c5)cc4)c4cccc5c4oc4c6ccccc6ccc54)cc3)cccc2c1. The van der Waals surface area contributed by atoms with Crippen molar-refractivity contribution in [3.8, 4) is 22.3 Å². The molecule has 0 amide bonds. The van der Waals surface area contributed by atoms with Crippen LogP contribution in [0.2, 0.25) is 0 Å². The first-order valence-corrected chi connectivity index (χ1v) is 18.5. The molecular weight excluding hydrogens is 655 g/mol. The summed E-state index contributed by atoms with van der Waals surface area (Å²) in [5.41, 5.74) is 9.68. The van der Waals surface area contributed by atoms with Crippen LogP contribution in [0.5, 0.6) is 0 Å². The lowest BCUT2D eigenvalue weighted by Crippen LogP contribution is -2.10. The second-order valence-corrected chi connectivity index (χ2v) is 14.1. The molecule has 0 aliphatic rings. The Morgan fingerprint density at radius 1 is 0.296 bits per heavy atom. The number of anilines is 3. The third-order valence-corrected chi connectivity index (χ3v) is 11.0. The smallest absolute Gasteiger partial charge is 0.159 e. The highest BCUT2D eigenvalue weighted by Crippen LogP contribution is 2.44. The Bertz CT molecular complexity index is 3200. The summed E-state index contributed by atoms with van der Waals surface area (Å²) in [6, 6.07) is 72.2. The standard InChI is InChI=1S/C52H33NO/c1-4-13-43-35(9-1)12-7-16-45(43)38-23-29-42(30-24-38)53(50-18-8-17-48-49-32-25-37-11-3-6-15-47(37)51(49)54-52(48)50)41-27-21-34(22-28-41)39-26-31-46-40(33-39)20-19-36-10-2-5-14-44(36)46/h1-33H. The maximum Gasteiger partial charge on any atom is 0.159 e. The Morgan fingerprint density at radius 3 is 1.57 bits per heavy atom. The minimum atomic E-state index is 0.868. The van der Waals surface area contributed by atoms with E-state index >= 15 is 0 Å². The average molecular weight is 688 g/mol. The van der Waals surface area contributed by atoms with Crippen LogP contribution in [0.3, 0.4) is 0 Å². The van der Waals surface area contributed by atoms with Gasteiger partial charge in [-0.15, -0.1) is 0 Å². The third kappa shape index (κ3) is 4.88. The number of furan rings is 1. The van der Waals surface area contributed by atoms with Crippen LogP contribution in [-0.4, -0.2) is 0 Å². The van der Waals surface area contributed by atoms with Gasteiger partial charge in [0.15, 0.2) is 5.58 Å². The van der Waals surface area contributed by atoms with Gasteiger partial charge in [-0.1, -0.05) is 158 Å². The maximum atomic E-state index is 6.88. The normalized spacial score (nSPS) is 11.7. The van der Waals surface area contributed by atoms with Crippen LogP contribution in [0, 0.1) is 0 Å². The van der Waals surface area contributed by atoms with Gasteiger partial charge in [0.2, 0.25) is 0 Å². The fourth-order valence-corrected chi connectivity index (χ4v) is 8.38. The molecule has 252 valence electrons. The summed E-state index contributed by atoms with van der Waals surface area (Å²) in [6.45, 7) is 0. The van der Waals surface area contributed by atoms with Crippen LogP contribution in [0.25, 0.3) is 87.3 Å². The molecule has 1 aromatic heterocycles. The van der Waals surface area contributed by atoms with Gasteiger partial charge in [0.1, 0.15) is 5.58 Å². The molecule has 54 heavy (non-hydrogen) atoms. The van der Waals surface area contributed by atoms with Gasteiger partial charge in [-0.3, -0.25) is 0 Å². The number of para-hydroxylation sites is 1. The van der Waals surface area contributed by atoms with E-state index in [1.165, 1.54) is 60.0 Å². The van der Waals surface area contributed by atoms with Crippen LogP contribution in [0.1, 0.15) is 0 Å². The van der Waals surface area contributed by atoms with E-state index in [1.807, 2.05) is 0 Å². The van der Waals surface area contributed by atoms with Crippen molar-refractivity contribution in [2.75, 3.05) is 4.90 Å². The predicted octanol–water partition coefficient (Wildman–Crippen LogP) is 15.0. The number of hydrogen-bond donors (Lipinski definition) is 0. The molecule has 0 aliphatic carbocycles. The van der Waals surface area contributed by atoms with E-state index in [2.05, 4.69) is 205 Å². The van der Waals surface area contributed by atoms with E-state index in [9.17, 15) is 0 Å². The van der Waals surface area contributed by atoms with Crippen molar-refractivity contribution in [1.82, 2.24) is 0 Å². The zero-order chi connectivity index (χ0) is 35.6. The second kappa shape index (κ2) is 12.2. The van der Waals surface area contributed by atoms with E-state index in [4.69, 9.17) is 4.42 Å². The molecule has 1 heterocycles. The van der Waals surface area contributed by atoms with Crippen LogP contribution < -0.4 is 4.90 Å². The van der Waals surface area contributed by atoms with E-state index < -0.39 is 0 Å². The highest BCUT2D eigenvalue weighted by Gasteiger charge is 2.20. The number of fused-ring (bicyclic) bond motifs is 9. The molecule has 0 saturated heterocycles. The lowest BCUT2D eigenvalue weighted by molar-refractivity contribution is 0.673. The van der Waals surface area contributed by atoms with Crippen molar-refractivity contribution in [3.05, 3.63) is 200 Å². The lowest BCUT2D eigenvalue weighted by Gasteiger charge is -2.26. The first-order chi connectivity index (χ1) is 26.8. The van der Waals surface area contributed by atoms with Crippen LogP contribution >= 0.6 is 0 Å². The molecule has 2 heteroatoms. The zero-order valence-corrected chi connectivity index (χ0v) is 29.4. The van der Waals surface area contributed by atoms with Gasteiger partial charge in [0.05, 0.1) is 5.69 Å². The van der Waals surface area contributed by atoms with Gasteiger partial charge >= 0.3 is 0 Å². The van der Waals surface area contributed by atoms with Crippen molar-refractivity contribution in [2.24, 2.45) is 0 Å². The first kappa shape index (κ1) is 30.5. The molecule has 0 atom stereocenters. The molecule has 10 aromatic carbocycles. The molecule has 0 N–H and O–H groups in total. The Labute approximate surface area is 312 Å². The van der Waals surface area contributed by atoms with E-state index in [0.29, 0.717) is 0 Å². The summed E-state index contributed by atoms with van der Waals surface area (Å²) >= 11 is 0. The monoisotopic (exact) mass is 687 g/mol. The highest BCUT2D eigenvalue weighted by molar-refractivity contribution is 6.17. The fourth-order valence-electron chi connectivity index (χ4n) is 8.38. The molecule has 0 unspecified atom stereocenters. The molecule has 0 radical (unpaired) electrons. The predicted molar refractivity (Wildman–Crippen MR) is 229 cm³/mol. The summed E-state index contributed by atoms with van der Waals surface area (Å²) in [7, 11) is 0. The average Bonchev–Trinajstić information content (AvgIpc) is 3.64. The number of hydrogen-bond acceptors (Lipinski definition) is 2. The van der Waals surface area contributed by atoms with Crippen LogP contribution in [-0.2, 0) is 0 Å². The lowest BCUT2D eigenvalue weighted by atomic mass is 9.97. The Hall–Kier alpha value is -7.16. The minimum Gasteiger partial charge on any atom is -0.453 e. The second-order valence-electron chi connectivity index (χ2n) is 14.1. The molecule has 11 rings (SSSR count). The molecule has 0 saturated carbocycles. The number of nitrogens with zero attached hydrogens (tertiary/aromatic N) is 1. The van der Waals surface area contributed by atoms with E-state index in [1.54, 1.807) is 0 Å². The highest BCUT2D eigenvalue weighted by atomic mass is 16.3.